The topological polar surface area (TPSA) is 117 Å². The Hall–Kier alpha value is -2.20. The molecule has 1 amide bonds. The average Bonchev–Trinajstić information content (AvgIpc) is 3.41. The molecular formula is C22H29N5O2S2. The van der Waals surface area contributed by atoms with Crippen molar-refractivity contribution in [2.24, 2.45) is 5.73 Å². The molecule has 0 aromatic carbocycles. The van der Waals surface area contributed by atoms with Crippen molar-refractivity contribution in [3.63, 3.8) is 0 Å². The van der Waals surface area contributed by atoms with Gasteiger partial charge in [-0.25, -0.2) is 4.98 Å². The molecule has 31 heavy (non-hydrogen) atoms. The van der Waals surface area contributed by atoms with E-state index < -0.39 is 12.0 Å². The summed E-state index contributed by atoms with van der Waals surface area (Å²) < 4.78 is 0. The van der Waals surface area contributed by atoms with Gasteiger partial charge in [-0.1, -0.05) is 19.4 Å². The predicted octanol–water partition coefficient (Wildman–Crippen LogP) is 3.28. The first-order valence-electron chi connectivity index (χ1n) is 10.7. The summed E-state index contributed by atoms with van der Waals surface area (Å²) in [4.78, 5) is 21.1. The number of aryl methyl sites for hydroxylation is 1. The summed E-state index contributed by atoms with van der Waals surface area (Å²) in [6.07, 6.45) is 3.38. The third-order valence-electron chi connectivity index (χ3n) is 5.80. The average molecular weight is 460 g/mol. The molecule has 1 saturated heterocycles. The number of carbonyl (C=O) groups excluding carboxylic acids is 1. The normalized spacial score (nSPS) is 16.1. The van der Waals surface area contributed by atoms with Crippen LogP contribution in [0, 0.1) is 0 Å². The highest BCUT2D eigenvalue weighted by Crippen LogP contribution is 2.37. The van der Waals surface area contributed by atoms with E-state index in [1.165, 1.54) is 11.3 Å². The molecule has 4 rings (SSSR count). The quantitative estimate of drug-likeness (QED) is 0.411. The van der Waals surface area contributed by atoms with Crippen molar-refractivity contribution in [2.45, 2.75) is 44.8 Å². The van der Waals surface area contributed by atoms with Gasteiger partial charge < -0.3 is 26.8 Å². The standard InChI is InChI=1S/C22H29N5O2S2/c1-2-4-13-11-17(26-22-18(13)19(23)20(31-22)21(24)29)27-8-6-14(7-9-27)25-12-15(28)16-5-3-10-30-16/h3,5,10-11,14-15,25,28H,2,4,6-9,12,23H2,1H3,(H2,24,29). The van der Waals surface area contributed by atoms with E-state index in [1.54, 1.807) is 11.3 Å². The highest BCUT2D eigenvalue weighted by atomic mass is 32.1. The number of nitrogens with one attached hydrogen (secondary N) is 1. The first-order valence-corrected chi connectivity index (χ1v) is 12.4. The van der Waals surface area contributed by atoms with Crippen molar-refractivity contribution in [3.8, 4) is 0 Å². The summed E-state index contributed by atoms with van der Waals surface area (Å²) in [7, 11) is 0. The Kier molecular flexibility index (Phi) is 6.76. The molecule has 3 aromatic heterocycles. The number of fused-ring (bicyclic) bond motifs is 1. The zero-order chi connectivity index (χ0) is 22.0. The fourth-order valence-electron chi connectivity index (χ4n) is 4.17. The van der Waals surface area contributed by atoms with E-state index in [-0.39, 0.29) is 0 Å². The molecule has 0 spiro atoms. The minimum atomic E-state index is -0.499. The summed E-state index contributed by atoms with van der Waals surface area (Å²) in [6.45, 7) is 4.48. The summed E-state index contributed by atoms with van der Waals surface area (Å²) in [5.74, 6) is 0.436. The van der Waals surface area contributed by atoms with Crippen molar-refractivity contribution in [2.75, 3.05) is 30.3 Å². The third-order valence-corrected chi connectivity index (χ3v) is 7.89. The van der Waals surface area contributed by atoms with Gasteiger partial charge in [0.1, 0.15) is 21.6 Å². The van der Waals surface area contributed by atoms with Gasteiger partial charge in [0.25, 0.3) is 5.91 Å². The number of anilines is 2. The first kappa shape index (κ1) is 22.0. The Labute approximate surface area is 190 Å². The molecule has 9 heteroatoms. The lowest BCUT2D eigenvalue weighted by Crippen LogP contribution is -2.43. The fourth-order valence-corrected chi connectivity index (χ4v) is 5.87. The van der Waals surface area contributed by atoms with Gasteiger partial charge in [-0.15, -0.1) is 22.7 Å². The van der Waals surface area contributed by atoms with Gasteiger partial charge in [-0.05, 0) is 42.3 Å². The fraction of sp³-hybridized carbons (Fsp3) is 0.455. The van der Waals surface area contributed by atoms with Crippen molar-refractivity contribution < 1.29 is 9.90 Å². The van der Waals surface area contributed by atoms with E-state index in [1.807, 2.05) is 17.5 Å². The SMILES string of the molecule is CCCc1cc(N2CCC(NCC(O)c3cccs3)CC2)nc2sc(C(N)=O)c(N)c12. The van der Waals surface area contributed by atoms with E-state index in [2.05, 4.69) is 23.2 Å². The minimum Gasteiger partial charge on any atom is -0.397 e. The smallest absolute Gasteiger partial charge is 0.260 e. The van der Waals surface area contributed by atoms with Crippen LogP contribution in [0.15, 0.2) is 23.6 Å². The number of aliphatic hydroxyl groups excluding tert-OH is 1. The highest BCUT2D eigenvalue weighted by molar-refractivity contribution is 7.21. The minimum absolute atomic E-state index is 0.378. The Morgan fingerprint density at radius 1 is 1.42 bits per heavy atom. The number of hydrogen-bond acceptors (Lipinski definition) is 8. The van der Waals surface area contributed by atoms with Crippen LogP contribution < -0.4 is 21.7 Å². The molecule has 0 aliphatic carbocycles. The van der Waals surface area contributed by atoms with Crippen molar-refractivity contribution in [1.29, 1.82) is 0 Å². The molecule has 166 valence electrons. The number of hydrogen-bond donors (Lipinski definition) is 4. The lowest BCUT2D eigenvalue weighted by atomic mass is 10.0. The number of thiophene rings is 2. The zero-order valence-corrected chi connectivity index (χ0v) is 19.3. The van der Waals surface area contributed by atoms with E-state index in [4.69, 9.17) is 16.5 Å². The molecule has 4 heterocycles. The second-order valence-electron chi connectivity index (χ2n) is 7.98. The van der Waals surface area contributed by atoms with E-state index in [0.29, 0.717) is 23.2 Å². The number of rotatable bonds is 8. The maximum absolute atomic E-state index is 11.8. The van der Waals surface area contributed by atoms with E-state index in [0.717, 1.165) is 65.2 Å². The van der Waals surface area contributed by atoms with Gasteiger partial charge >= 0.3 is 0 Å². The Morgan fingerprint density at radius 3 is 2.84 bits per heavy atom. The predicted molar refractivity (Wildman–Crippen MR) is 129 cm³/mol. The lowest BCUT2D eigenvalue weighted by Gasteiger charge is -2.34. The van der Waals surface area contributed by atoms with Crippen LogP contribution in [0.25, 0.3) is 10.2 Å². The number of aromatic nitrogens is 1. The number of carbonyl (C=O) groups is 1. The molecule has 1 aliphatic rings. The van der Waals surface area contributed by atoms with Crippen LogP contribution in [-0.4, -0.2) is 41.7 Å². The van der Waals surface area contributed by atoms with Crippen LogP contribution in [0.3, 0.4) is 0 Å². The number of amides is 1. The number of pyridine rings is 1. The molecule has 7 nitrogen and oxygen atoms in total. The van der Waals surface area contributed by atoms with E-state index >= 15 is 0 Å². The van der Waals surface area contributed by atoms with Crippen LogP contribution in [0.5, 0.6) is 0 Å². The van der Waals surface area contributed by atoms with Crippen molar-refractivity contribution in [3.05, 3.63) is 38.9 Å². The largest absolute Gasteiger partial charge is 0.397 e. The monoisotopic (exact) mass is 459 g/mol. The zero-order valence-electron chi connectivity index (χ0n) is 17.6. The Bertz CT molecular complexity index is 1040. The molecule has 1 unspecified atom stereocenters. The van der Waals surface area contributed by atoms with Gasteiger partial charge in [-0.2, -0.15) is 0 Å². The number of nitrogen functional groups attached to an aromatic ring is 1. The van der Waals surface area contributed by atoms with Crippen LogP contribution in [-0.2, 0) is 6.42 Å². The van der Waals surface area contributed by atoms with Gasteiger partial charge in [0.05, 0.1) is 5.69 Å². The van der Waals surface area contributed by atoms with Gasteiger partial charge in [0, 0.05) is 35.9 Å². The number of nitrogens with zero attached hydrogens (tertiary/aromatic N) is 2. The molecule has 1 fully saturated rings. The lowest BCUT2D eigenvalue weighted by molar-refractivity contribution is 0.100. The summed E-state index contributed by atoms with van der Waals surface area (Å²) in [5.41, 5.74) is 13.3. The molecule has 0 bridgehead atoms. The summed E-state index contributed by atoms with van der Waals surface area (Å²) >= 11 is 2.87. The highest BCUT2D eigenvalue weighted by Gasteiger charge is 2.24. The van der Waals surface area contributed by atoms with Gasteiger partial charge in [0.2, 0.25) is 0 Å². The molecule has 0 radical (unpaired) electrons. The molecule has 0 saturated carbocycles. The Balaban J connectivity index is 1.45. The number of nitrogens with two attached hydrogens (primary N) is 2. The maximum atomic E-state index is 11.8. The van der Waals surface area contributed by atoms with Crippen molar-refractivity contribution >= 4 is 50.3 Å². The van der Waals surface area contributed by atoms with Crippen LogP contribution in [0.2, 0.25) is 0 Å². The molecule has 1 aliphatic heterocycles. The Morgan fingerprint density at radius 2 is 2.19 bits per heavy atom. The maximum Gasteiger partial charge on any atom is 0.260 e. The summed E-state index contributed by atoms with van der Waals surface area (Å²) in [6, 6.07) is 6.43. The second kappa shape index (κ2) is 9.52. The van der Waals surface area contributed by atoms with Crippen LogP contribution in [0.4, 0.5) is 11.5 Å². The molecule has 6 N–H and O–H groups in total. The number of primary amides is 1. The van der Waals surface area contributed by atoms with Crippen LogP contribution >= 0.6 is 22.7 Å². The second-order valence-corrected chi connectivity index (χ2v) is 9.96. The van der Waals surface area contributed by atoms with E-state index in [9.17, 15) is 9.90 Å². The van der Waals surface area contributed by atoms with Gasteiger partial charge in [0.15, 0.2) is 0 Å². The van der Waals surface area contributed by atoms with Crippen LogP contribution in [0.1, 0.15) is 52.4 Å². The van der Waals surface area contributed by atoms with Gasteiger partial charge in [-0.3, -0.25) is 4.79 Å². The molecular weight excluding hydrogens is 430 g/mol. The molecule has 3 aromatic rings. The summed E-state index contributed by atoms with van der Waals surface area (Å²) in [5, 5.41) is 16.7. The van der Waals surface area contributed by atoms with Crippen molar-refractivity contribution in [1.82, 2.24) is 10.3 Å². The number of piperidine rings is 1. The number of aliphatic hydroxyl groups is 1. The third kappa shape index (κ3) is 4.69. The molecule has 1 atom stereocenters. The first-order chi connectivity index (χ1) is 15.0.